The third kappa shape index (κ3) is 9.38. The molecule has 0 radical (unpaired) electrons. The van der Waals surface area contributed by atoms with Gasteiger partial charge in [0.25, 0.3) is 0 Å². The SMILES string of the molecule is CN(CCc1ccc(C2=NCCN2)cc1)C(=O)CCN(C)S(=O)(=O)c1c(Cl)cccc1Cl.O=C(O)C(F)(F)F. The Bertz CT molecular complexity index is 1290. The number of alkyl halides is 3. The summed E-state index contributed by atoms with van der Waals surface area (Å²) in [6.07, 6.45) is -4.33. The number of amides is 1. The zero-order chi connectivity index (χ0) is 29.4. The Kier molecular flexibility index (Phi) is 11.6. The van der Waals surface area contributed by atoms with Crippen molar-refractivity contribution in [1.82, 2.24) is 14.5 Å². The second-order valence-electron chi connectivity index (χ2n) is 8.35. The van der Waals surface area contributed by atoms with Crippen LogP contribution in [0.25, 0.3) is 0 Å². The zero-order valence-electron chi connectivity index (χ0n) is 21.0. The molecule has 2 aromatic rings. The Hall–Kier alpha value is -2.87. The standard InChI is InChI=1S/C22H26Cl2N4O3S.C2HF3O2/c1-27(14-10-16-6-8-17(9-7-16)22-25-12-13-26-22)20(29)11-15-28(2)32(30,31)21-18(23)4-3-5-19(21)24;3-2(4,5)1(6)7/h3-9H,10-15H2,1-2H3,(H,25,26);(H,6,7). The minimum Gasteiger partial charge on any atom is -0.475 e. The van der Waals surface area contributed by atoms with Gasteiger partial charge < -0.3 is 15.3 Å². The molecule has 39 heavy (non-hydrogen) atoms. The predicted octanol–water partition coefficient (Wildman–Crippen LogP) is 3.69. The van der Waals surface area contributed by atoms with Gasteiger partial charge in [-0.25, -0.2) is 17.5 Å². The molecule has 0 saturated heterocycles. The molecule has 2 aromatic carbocycles. The number of carboxylic acids is 1. The molecule has 0 aromatic heterocycles. The number of benzene rings is 2. The lowest BCUT2D eigenvalue weighted by Gasteiger charge is -2.21. The summed E-state index contributed by atoms with van der Waals surface area (Å²) in [5, 5.41) is 10.5. The molecule has 0 spiro atoms. The number of sulfonamides is 1. The number of rotatable bonds is 9. The first-order valence-corrected chi connectivity index (χ1v) is 13.7. The lowest BCUT2D eigenvalue weighted by molar-refractivity contribution is -0.192. The molecule has 0 atom stereocenters. The molecule has 15 heteroatoms. The van der Waals surface area contributed by atoms with Crippen LogP contribution in [0.4, 0.5) is 13.2 Å². The summed E-state index contributed by atoms with van der Waals surface area (Å²) in [4.78, 5) is 27.3. The Morgan fingerprint density at radius 1 is 1.05 bits per heavy atom. The van der Waals surface area contributed by atoms with Gasteiger partial charge >= 0.3 is 12.1 Å². The minimum absolute atomic E-state index is 0.0247. The normalized spacial score (nSPS) is 13.3. The van der Waals surface area contributed by atoms with Gasteiger partial charge in [-0.2, -0.15) is 13.2 Å². The highest BCUT2D eigenvalue weighted by Crippen LogP contribution is 2.31. The van der Waals surface area contributed by atoms with Gasteiger partial charge in [-0.1, -0.05) is 53.5 Å². The van der Waals surface area contributed by atoms with Gasteiger partial charge in [0.15, 0.2) is 0 Å². The van der Waals surface area contributed by atoms with Crippen molar-refractivity contribution in [3.05, 3.63) is 63.6 Å². The molecule has 0 aliphatic carbocycles. The number of hydrogen-bond donors (Lipinski definition) is 2. The van der Waals surface area contributed by atoms with E-state index in [2.05, 4.69) is 10.3 Å². The van der Waals surface area contributed by atoms with Crippen LogP contribution in [0.3, 0.4) is 0 Å². The number of aliphatic carboxylic acids is 1. The molecule has 0 bridgehead atoms. The van der Waals surface area contributed by atoms with Gasteiger partial charge in [-0.3, -0.25) is 9.79 Å². The summed E-state index contributed by atoms with van der Waals surface area (Å²) in [5.74, 6) is -1.98. The molecule has 3 rings (SSSR count). The van der Waals surface area contributed by atoms with Crippen LogP contribution in [-0.2, 0) is 26.0 Å². The molecular formula is C24H27Cl2F3N4O5S. The Labute approximate surface area is 234 Å². The maximum absolute atomic E-state index is 12.8. The number of halogens is 5. The van der Waals surface area contributed by atoms with E-state index in [-0.39, 0.29) is 33.8 Å². The van der Waals surface area contributed by atoms with Gasteiger partial charge in [0.1, 0.15) is 10.7 Å². The largest absolute Gasteiger partial charge is 0.490 e. The van der Waals surface area contributed by atoms with Crippen molar-refractivity contribution in [3.8, 4) is 0 Å². The van der Waals surface area contributed by atoms with Crippen LogP contribution in [0, 0.1) is 0 Å². The van der Waals surface area contributed by atoms with Crippen molar-refractivity contribution in [3.63, 3.8) is 0 Å². The Morgan fingerprint density at radius 3 is 2.10 bits per heavy atom. The Balaban J connectivity index is 0.000000673. The van der Waals surface area contributed by atoms with Crippen molar-refractivity contribution >= 4 is 50.9 Å². The smallest absolute Gasteiger partial charge is 0.475 e. The van der Waals surface area contributed by atoms with Crippen LogP contribution in [0.2, 0.25) is 10.0 Å². The van der Waals surface area contributed by atoms with E-state index in [4.69, 9.17) is 33.1 Å². The van der Waals surface area contributed by atoms with E-state index in [1.54, 1.807) is 18.0 Å². The summed E-state index contributed by atoms with van der Waals surface area (Å²) in [7, 11) is -0.779. The van der Waals surface area contributed by atoms with E-state index in [0.29, 0.717) is 13.0 Å². The molecule has 1 heterocycles. The highest BCUT2D eigenvalue weighted by atomic mass is 35.5. The number of carbonyl (C=O) groups excluding carboxylic acids is 1. The summed E-state index contributed by atoms with van der Waals surface area (Å²) in [6.45, 7) is 2.22. The van der Waals surface area contributed by atoms with Crippen molar-refractivity contribution in [2.45, 2.75) is 23.9 Å². The molecular weight excluding hydrogens is 584 g/mol. The van der Waals surface area contributed by atoms with Gasteiger partial charge in [0.2, 0.25) is 15.9 Å². The Morgan fingerprint density at radius 2 is 1.62 bits per heavy atom. The second-order valence-corrected chi connectivity index (χ2v) is 11.1. The monoisotopic (exact) mass is 610 g/mol. The first-order chi connectivity index (χ1) is 18.1. The van der Waals surface area contributed by atoms with E-state index < -0.39 is 22.2 Å². The molecule has 2 N–H and O–H groups in total. The van der Waals surface area contributed by atoms with Crippen LogP contribution in [0.1, 0.15) is 17.5 Å². The van der Waals surface area contributed by atoms with E-state index in [0.717, 1.165) is 34.4 Å². The number of nitrogens with zero attached hydrogens (tertiary/aromatic N) is 3. The van der Waals surface area contributed by atoms with Crippen molar-refractivity contribution in [1.29, 1.82) is 0 Å². The summed E-state index contributed by atoms with van der Waals surface area (Å²) in [6, 6.07) is 12.6. The average molecular weight is 611 g/mol. The molecule has 9 nitrogen and oxygen atoms in total. The van der Waals surface area contributed by atoms with Gasteiger partial charge in [-0.05, 0) is 24.1 Å². The number of likely N-dealkylation sites (N-methyl/N-ethyl adjacent to an activating group) is 1. The fourth-order valence-electron chi connectivity index (χ4n) is 3.29. The molecule has 1 amide bonds. The predicted molar refractivity (Wildman–Crippen MR) is 142 cm³/mol. The summed E-state index contributed by atoms with van der Waals surface area (Å²) < 4.78 is 58.5. The van der Waals surface area contributed by atoms with E-state index >= 15 is 0 Å². The molecule has 0 fully saturated rings. The van der Waals surface area contributed by atoms with Gasteiger partial charge in [-0.15, -0.1) is 0 Å². The van der Waals surface area contributed by atoms with Crippen molar-refractivity contribution < 1.29 is 36.3 Å². The van der Waals surface area contributed by atoms with E-state index in [1.807, 2.05) is 24.3 Å². The number of carboxylic acid groups (broad SMARTS) is 1. The van der Waals surface area contributed by atoms with Gasteiger partial charge in [0, 0.05) is 45.7 Å². The molecule has 1 aliphatic heterocycles. The minimum atomic E-state index is -5.08. The lowest BCUT2D eigenvalue weighted by Crippen LogP contribution is -2.34. The third-order valence-corrected chi connectivity index (χ3v) is 8.35. The van der Waals surface area contributed by atoms with E-state index in [9.17, 15) is 26.4 Å². The maximum Gasteiger partial charge on any atom is 0.490 e. The maximum atomic E-state index is 12.8. The molecule has 1 aliphatic rings. The molecule has 0 saturated carbocycles. The lowest BCUT2D eigenvalue weighted by atomic mass is 10.1. The van der Waals surface area contributed by atoms with Crippen molar-refractivity contribution in [2.24, 2.45) is 4.99 Å². The van der Waals surface area contributed by atoms with Crippen LogP contribution in [0.5, 0.6) is 0 Å². The van der Waals surface area contributed by atoms with Gasteiger partial charge in [0.05, 0.1) is 16.6 Å². The highest BCUT2D eigenvalue weighted by molar-refractivity contribution is 7.89. The van der Waals surface area contributed by atoms with Crippen molar-refractivity contribution in [2.75, 3.05) is 40.3 Å². The first-order valence-electron chi connectivity index (χ1n) is 11.5. The van der Waals surface area contributed by atoms with Crippen LogP contribution in [0.15, 0.2) is 52.4 Å². The highest BCUT2D eigenvalue weighted by Gasteiger charge is 2.38. The topological polar surface area (TPSA) is 119 Å². The average Bonchev–Trinajstić information content (AvgIpc) is 3.40. The van der Waals surface area contributed by atoms with Crippen LogP contribution in [-0.4, -0.2) is 86.9 Å². The van der Waals surface area contributed by atoms with E-state index in [1.165, 1.54) is 19.2 Å². The van der Waals surface area contributed by atoms with Crippen LogP contribution < -0.4 is 5.32 Å². The number of hydrogen-bond acceptors (Lipinski definition) is 6. The second kappa shape index (κ2) is 14.0. The number of amidine groups is 1. The number of carbonyl (C=O) groups is 2. The molecule has 214 valence electrons. The number of aliphatic imine (C=N–C) groups is 1. The number of nitrogens with one attached hydrogen (secondary N) is 1. The zero-order valence-corrected chi connectivity index (χ0v) is 23.3. The van der Waals surface area contributed by atoms with Crippen LogP contribution >= 0.6 is 23.2 Å². The molecule has 0 unspecified atom stereocenters. The summed E-state index contributed by atoms with van der Waals surface area (Å²) >= 11 is 12.1. The summed E-state index contributed by atoms with van der Waals surface area (Å²) in [5.41, 5.74) is 2.17. The first kappa shape index (κ1) is 32.3. The fourth-order valence-corrected chi connectivity index (χ4v) is 5.55. The fraction of sp³-hybridized carbons (Fsp3) is 0.375. The quantitative estimate of drug-likeness (QED) is 0.447. The third-order valence-electron chi connectivity index (χ3n) is 5.53.